The van der Waals surface area contributed by atoms with Crippen LogP contribution in [0.3, 0.4) is 0 Å². The van der Waals surface area contributed by atoms with Gasteiger partial charge in [-0.15, -0.1) is 0 Å². The van der Waals surface area contributed by atoms with Crippen molar-refractivity contribution in [3.05, 3.63) is 95.3 Å². The summed E-state index contributed by atoms with van der Waals surface area (Å²) in [6.45, 7) is 2.22. The summed E-state index contributed by atoms with van der Waals surface area (Å²) in [5.74, 6) is 0.512. The van der Waals surface area contributed by atoms with E-state index in [0.717, 1.165) is 35.1 Å². The Morgan fingerprint density at radius 2 is 1.79 bits per heavy atom. The van der Waals surface area contributed by atoms with Crippen molar-refractivity contribution in [2.24, 2.45) is 0 Å². The average Bonchev–Trinajstić information content (AvgIpc) is 3.68. The van der Waals surface area contributed by atoms with Gasteiger partial charge >= 0.3 is 5.97 Å². The van der Waals surface area contributed by atoms with E-state index in [1.54, 1.807) is 19.2 Å². The van der Waals surface area contributed by atoms with E-state index in [9.17, 15) is 9.18 Å². The summed E-state index contributed by atoms with van der Waals surface area (Å²) in [4.78, 5) is 11.2. The second-order valence-corrected chi connectivity index (χ2v) is 8.63. The molecule has 0 unspecified atom stereocenters. The molecule has 1 atom stereocenters. The van der Waals surface area contributed by atoms with Crippen LogP contribution in [0.4, 0.5) is 4.39 Å². The quantitative estimate of drug-likeness (QED) is 0.328. The third kappa shape index (κ3) is 5.66. The normalized spacial score (nSPS) is 14.2. The molecule has 1 fully saturated rings. The Morgan fingerprint density at radius 1 is 1.06 bits per heavy atom. The van der Waals surface area contributed by atoms with Gasteiger partial charge in [0.05, 0.1) is 13.5 Å². The number of methoxy groups -OCH3 is 1. The molecule has 0 saturated heterocycles. The Hall–Kier alpha value is -3.60. The highest BCUT2D eigenvalue weighted by Gasteiger charge is 2.27. The summed E-state index contributed by atoms with van der Waals surface area (Å²) in [6, 6.07) is 18.5. The number of carboxylic acids is 1. The number of carboxylic acid groups (broad SMARTS) is 1. The van der Waals surface area contributed by atoms with Gasteiger partial charge in [0, 0.05) is 11.5 Å². The Bertz CT molecular complexity index is 1180. The average molecular weight is 461 g/mol. The molecule has 1 N–H and O–H groups in total. The Morgan fingerprint density at radius 3 is 2.44 bits per heavy atom. The van der Waals surface area contributed by atoms with Crippen LogP contribution in [0, 0.1) is 5.82 Å². The van der Waals surface area contributed by atoms with Gasteiger partial charge in [-0.1, -0.05) is 36.4 Å². The first-order chi connectivity index (χ1) is 16.5. The van der Waals surface area contributed by atoms with Crippen molar-refractivity contribution in [3.63, 3.8) is 0 Å². The van der Waals surface area contributed by atoms with E-state index < -0.39 is 5.97 Å². The lowest BCUT2D eigenvalue weighted by Crippen LogP contribution is -2.04. The lowest BCUT2D eigenvalue weighted by Gasteiger charge is -2.15. The SMILES string of the molecule is CC=C[C@@H](CC(=O)O)c1ccc(OCc2ccc(C3CC3)c(-c3cc(OC)ccc3F)c2)cc1. The van der Waals surface area contributed by atoms with E-state index in [2.05, 4.69) is 6.07 Å². The summed E-state index contributed by atoms with van der Waals surface area (Å²) >= 11 is 0. The van der Waals surface area contributed by atoms with Crippen LogP contribution in [0.5, 0.6) is 11.5 Å². The van der Waals surface area contributed by atoms with Gasteiger partial charge in [-0.05, 0) is 84.3 Å². The van der Waals surface area contributed by atoms with Crippen molar-refractivity contribution >= 4 is 5.97 Å². The van der Waals surface area contributed by atoms with Crippen LogP contribution in [0.25, 0.3) is 11.1 Å². The first-order valence-electron chi connectivity index (χ1n) is 11.5. The van der Waals surface area contributed by atoms with Gasteiger partial charge in [-0.2, -0.15) is 0 Å². The van der Waals surface area contributed by atoms with Crippen LogP contribution in [0.15, 0.2) is 72.8 Å². The van der Waals surface area contributed by atoms with Gasteiger partial charge in [0.15, 0.2) is 0 Å². The zero-order valence-electron chi connectivity index (χ0n) is 19.5. The van der Waals surface area contributed by atoms with Crippen molar-refractivity contribution in [1.82, 2.24) is 0 Å². The number of hydrogen-bond acceptors (Lipinski definition) is 3. The van der Waals surface area contributed by atoms with Crippen molar-refractivity contribution < 1.29 is 23.8 Å². The topological polar surface area (TPSA) is 55.8 Å². The number of aliphatic carboxylic acids is 1. The maximum Gasteiger partial charge on any atom is 0.304 e. The van der Waals surface area contributed by atoms with E-state index in [1.165, 1.54) is 6.07 Å². The molecule has 5 heteroatoms. The van der Waals surface area contributed by atoms with Crippen LogP contribution >= 0.6 is 0 Å². The predicted octanol–water partition coefficient (Wildman–Crippen LogP) is 7.09. The smallest absolute Gasteiger partial charge is 0.304 e. The molecule has 176 valence electrons. The fourth-order valence-corrected chi connectivity index (χ4v) is 4.21. The molecule has 1 aliphatic rings. The minimum Gasteiger partial charge on any atom is -0.497 e. The molecule has 1 aliphatic carbocycles. The predicted molar refractivity (Wildman–Crippen MR) is 131 cm³/mol. The molecule has 34 heavy (non-hydrogen) atoms. The van der Waals surface area contributed by atoms with Gasteiger partial charge in [0.1, 0.15) is 23.9 Å². The van der Waals surface area contributed by atoms with Crippen molar-refractivity contribution in [2.45, 2.75) is 44.6 Å². The Labute approximate surface area is 199 Å². The highest BCUT2D eigenvalue weighted by atomic mass is 19.1. The Balaban J connectivity index is 1.53. The maximum absolute atomic E-state index is 14.7. The molecule has 0 bridgehead atoms. The van der Waals surface area contributed by atoms with Crippen LogP contribution in [-0.4, -0.2) is 18.2 Å². The molecule has 3 aromatic rings. The summed E-state index contributed by atoms with van der Waals surface area (Å²) in [5, 5.41) is 9.16. The molecule has 0 radical (unpaired) electrons. The minimum atomic E-state index is -0.832. The van der Waals surface area contributed by atoms with Crippen LogP contribution in [0.1, 0.15) is 54.7 Å². The summed E-state index contributed by atoms with van der Waals surface area (Å²) < 4.78 is 26.1. The molecular formula is C29H29FO4. The van der Waals surface area contributed by atoms with Crippen LogP contribution in [0.2, 0.25) is 0 Å². The number of rotatable bonds is 10. The van der Waals surface area contributed by atoms with Crippen molar-refractivity contribution in [1.29, 1.82) is 0 Å². The molecule has 4 nitrogen and oxygen atoms in total. The fraction of sp³-hybridized carbons (Fsp3) is 0.276. The maximum atomic E-state index is 14.7. The van der Waals surface area contributed by atoms with Gasteiger partial charge in [-0.3, -0.25) is 4.79 Å². The van der Waals surface area contributed by atoms with E-state index >= 15 is 0 Å². The molecular weight excluding hydrogens is 431 g/mol. The summed E-state index contributed by atoms with van der Waals surface area (Å²) in [5.41, 5.74) is 4.47. The highest BCUT2D eigenvalue weighted by Crippen LogP contribution is 2.45. The lowest BCUT2D eigenvalue weighted by molar-refractivity contribution is -0.137. The molecule has 1 saturated carbocycles. The third-order valence-electron chi connectivity index (χ3n) is 6.13. The van der Waals surface area contributed by atoms with Crippen molar-refractivity contribution in [2.75, 3.05) is 7.11 Å². The Kier molecular flexibility index (Phi) is 7.31. The van der Waals surface area contributed by atoms with Gasteiger partial charge in [0.2, 0.25) is 0 Å². The monoisotopic (exact) mass is 460 g/mol. The van der Waals surface area contributed by atoms with Gasteiger partial charge < -0.3 is 14.6 Å². The lowest BCUT2D eigenvalue weighted by atomic mass is 9.94. The third-order valence-corrected chi connectivity index (χ3v) is 6.13. The molecule has 0 amide bonds. The summed E-state index contributed by atoms with van der Waals surface area (Å²) in [6.07, 6.45) is 6.05. The molecule has 3 aromatic carbocycles. The van der Waals surface area contributed by atoms with Crippen molar-refractivity contribution in [3.8, 4) is 22.6 Å². The zero-order valence-corrected chi connectivity index (χ0v) is 19.5. The minimum absolute atomic E-state index is 0.0431. The number of allylic oxidation sites excluding steroid dienone is 2. The fourth-order valence-electron chi connectivity index (χ4n) is 4.21. The zero-order chi connectivity index (χ0) is 24.1. The molecule has 0 spiro atoms. The molecule has 0 aromatic heterocycles. The second-order valence-electron chi connectivity index (χ2n) is 8.63. The van der Waals surface area contributed by atoms with E-state index in [1.807, 2.05) is 55.5 Å². The molecule has 4 rings (SSSR count). The number of benzene rings is 3. The number of ether oxygens (including phenoxy) is 2. The first kappa shape index (κ1) is 23.6. The highest BCUT2D eigenvalue weighted by molar-refractivity contribution is 5.71. The molecule has 0 heterocycles. The number of hydrogen-bond donors (Lipinski definition) is 1. The van der Waals surface area contributed by atoms with E-state index in [-0.39, 0.29) is 18.2 Å². The van der Waals surface area contributed by atoms with E-state index in [0.29, 0.717) is 29.6 Å². The van der Waals surface area contributed by atoms with Gasteiger partial charge in [-0.25, -0.2) is 4.39 Å². The standard InChI is InChI=1S/C29H29FO4/c1-3-4-22(16-29(31)32)20-8-10-23(11-9-20)34-18-19-5-13-25(21-6-7-21)26(15-19)27-17-24(33-2)12-14-28(27)30/h3-5,8-15,17,21-22H,6-7,16,18H2,1-2H3,(H,31,32)/t22-/m0/s1. The van der Waals surface area contributed by atoms with Gasteiger partial charge in [0.25, 0.3) is 0 Å². The summed E-state index contributed by atoms with van der Waals surface area (Å²) in [7, 11) is 1.58. The van der Waals surface area contributed by atoms with Crippen LogP contribution in [-0.2, 0) is 11.4 Å². The second kappa shape index (κ2) is 10.6. The van der Waals surface area contributed by atoms with Crippen LogP contribution < -0.4 is 9.47 Å². The number of halogens is 1. The number of carbonyl (C=O) groups is 1. The van der Waals surface area contributed by atoms with E-state index in [4.69, 9.17) is 14.6 Å². The largest absolute Gasteiger partial charge is 0.497 e. The molecule has 0 aliphatic heterocycles. The first-order valence-corrected chi connectivity index (χ1v) is 11.5.